The van der Waals surface area contributed by atoms with Crippen molar-refractivity contribution in [2.75, 3.05) is 33.3 Å². The van der Waals surface area contributed by atoms with E-state index in [-0.39, 0.29) is 12.2 Å². The SMILES string of the molecule is COCc1ccc(F)c(CN2CCNCC2)c1F. The van der Waals surface area contributed by atoms with Gasteiger partial charge in [0.15, 0.2) is 0 Å². The number of halogens is 2. The molecule has 3 nitrogen and oxygen atoms in total. The summed E-state index contributed by atoms with van der Waals surface area (Å²) in [5.74, 6) is -0.957. The molecule has 1 fully saturated rings. The number of rotatable bonds is 4. The fourth-order valence-corrected chi connectivity index (χ4v) is 2.15. The molecule has 0 aromatic heterocycles. The molecule has 0 unspecified atom stereocenters. The average molecular weight is 256 g/mol. The largest absolute Gasteiger partial charge is 0.380 e. The predicted octanol–water partition coefficient (Wildman–Crippen LogP) is 1.52. The zero-order valence-corrected chi connectivity index (χ0v) is 10.5. The molecule has 0 aliphatic carbocycles. The highest BCUT2D eigenvalue weighted by Gasteiger charge is 2.18. The Balaban J connectivity index is 2.17. The lowest BCUT2D eigenvalue weighted by Gasteiger charge is -2.27. The fourth-order valence-electron chi connectivity index (χ4n) is 2.15. The third kappa shape index (κ3) is 3.04. The van der Waals surface area contributed by atoms with Crippen LogP contribution in [0.5, 0.6) is 0 Å². The molecule has 0 atom stereocenters. The topological polar surface area (TPSA) is 24.5 Å². The summed E-state index contributed by atoms with van der Waals surface area (Å²) in [6, 6.07) is 2.75. The second kappa shape index (κ2) is 6.22. The molecule has 1 aliphatic heterocycles. The van der Waals surface area contributed by atoms with Gasteiger partial charge in [0.2, 0.25) is 0 Å². The van der Waals surface area contributed by atoms with Crippen molar-refractivity contribution in [3.8, 4) is 0 Å². The van der Waals surface area contributed by atoms with Crippen molar-refractivity contribution < 1.29 is 13.5 Å². The van der Waals surface area contributed by atoms with Crippen molar-refractivity contribution in [3.63, 3.8) is 0 Å². The Morgan fingerprint density at radius 2 is 2.00 bits per heavy atom. The van der Waals surface area contributed by atoms with Crippen LogP contribution < -0.4 is 5.32 Å². The molecule has 0 amide bonds. The monoisotopic (exact) mass is 256 g/mol. The molecule has 100 valence electrons. The molecular weight excluding hydrogens is 238 g/mol. The van der Waals surface area contributed by atoms with E-state index in [1.807, 2.05) is 0 Å². The molecule has 2 rings (SSSR count). The van der Waals surface area contributed by atoms with Gasteiger partial charge in [0.05, 0.1) is 6.61 Å². The van der Waals surface area contributed by atoms with E-state index >= 15 is 0 Å². The van der Waals surface area contributed by atoms with Crippen LogP contribution in [0.1, 0.15) is 11.1 Å². The summed E-state index contributed by atoms with van der Waals surface area (Å²) >= 11 is 0. The number of benzene rings is 1. The van der Waals surface area contributed by atoms with Crippen LogP contribution in [-0.2, 0) is 17.9 Å². The molecule has 1 aliphatic rings. The Morgan fingerprint density at radius 1 is 1.28 bits per heavy atom. The summed E-state index contributed by atoms with van der Waals surface area (Å²) < 4.78 is 32.7. The Bertz CT molecular complexity index is 406. The lowest BCUT2D eigenvalue weighted by Crippen LogP contribution is -2.43. The van der Waals surface area contributed by atoms with Crippen molar-refractivity contribution in [1.82, 2.24) is 10.2 Å². The van der Waals surface area contributed by atoms with Gasteiger partial charge in [-0.25, -0.2) is 8.78 Å². The van der Waals surface area contributed by atoms with Gasteiger partial charge in [-0.3, -0.25) is 4.90 Å². The van der Waals surface area contributed by atoms with Gasteiger partial charge < -0.3 is 10.1 Å². The van der Waals surface area contributed by atoms with Crippen molar-refractivity contribution in [2.45, 2.75) is 13.2 Å². The first kappa shape index (κ1) is 13.4. The molecule has 0 saturated carbocycles. The minimum atomic E-state index is -0.481. The quantitative estimate of drug-likeness (QED) is 0.884. The van der Waals surface area contributed by atoms with Crippen molar-refractivity contribution in [1.29, 1.82) is 0 Å². The highest BCUT2D eigenvalue weighted by molar-refractivity contribution is 5.27. The summed E-state index contributed by atoms with van der Waals surface area (Å²) in [5, 5.41) is 3.21. The summed E-state index contributed by atoms with van der Waals surface area (Å²) in [4.78, 5) is 2.05. The molecule has 18 heavy (non-hydrogen) atoms. The molecule has 1 heterocycles. The Kier molecular flexibility index (Phi) is 4.63. The third-order valence-electron chi connectivity index (χ3n) is 3.16. The van der Waals surface area contributed by atoms with Crippen LogP contribution in [-0.4, -0.2) is 38.2 Å². The number of methoxy groups -OCH3 is 1. The van der Waals surface area contributed by atoms with Crippen molar-refractivity contribution in [2.24, 2.45) is 0 Å². The van der Waals surface area contributed by atoms with E-state index in [9.17, 15) is 8.78 Å². The van der Waals surface area contributed by atoms with Gasteiger partial charge in [-0.2, -0.15) is 0 Å². The number of piperazine rings is 1. The maximum Gasteiger partial charge on any atom is 0.136 e. The first-order valence-electron chi connectivity index (χ1n) is 6.10. The molecule has 0 spiro atoms. The van der Waals surface area contributed by atoms with Crippen LogP contribution in [0.4, 0.5) is 8.78 Å². The molecular formula is C13H18F2N2O. The highest BCUT2D eigenvalue weighted by Crippen LogP contribution is 2.19. The summed E-state index contributed by atoms with van der Waals surface area (Å²) in [5.41, 5.74) is 0.551. The highest BCUT2D eigenvalue weighted by atomic mass is 19.1. The van der Waals surface area contributed by atoms with Crippen LogP contribution in [0.2, 0.25) is 0 Å². The zero-order valence-electron chi connectivity index (χ0n) is 10.5. The van der Waals surface area contributed by atoms with Gasteiger partial charge in [-0.15, -0.1) is 0 Å². The van der Waals surface area contributed by atoms with Crippen LogP contribution in [0.25, 0.3) is 0 Å². The lowest BCUT2D eigenvalue weighted by molar-refractivity contribution is 0.180. The van der Waals surface area contributed by atoms with Gasteiger partial charge in [-0.05, 0) is 6.07 Å². The van der Waals surface area contributed by atoms with E-state index in [1.54, 1.807) is 0 Å². The number of nitrogens with one attached hydrogen (secondary N) is 1. The summed E-state index contributed by atoms with van der Waals surface area (Å²) in [7, 11) is 1.50. The maximum atomic E-state index is 14.1. The van der Waals surface area contributed by atoms with Gasteiger partial charge in [-0.1, -0.05) is 6.07 Å². The van der Waals surface area contributed by atoms with Crippen molar-refractivity contribution >= 4 is 0 Å². The van der Waals surface area contributed by atoms with Crippen LogP contribution in [0.15, 0.2) is 12.1 Å². The predicted molar refractivity (Wildman–Crippen MR) is 65.2 cm³/mol. The zero-order chi connectivity index (χ0) is 13.0. The number of ether oxygens (including phenoxy) is 1. The minimum absolute atomic E-state index is 0.145. The Hall–Kier alpha value is -1.04. The smallest absolute Gasteiger partial charge is 0.136 e. The molecule has 5 heteroatoms. The van der Waals surface area contributed by atoms with Gasteiger partial charge in [0.25, 0.3) is 0 Å². The normalized spacial score (nSPS) is 17.1. The third-order valence-corrected chi connectivity index (χ3v) is 3.16. The van der Waals surface area contributed by atoms with E-state index in [4.69, 9.17) is 4.74 Å². The van der Waals surface area contributed by atoms with E-state index in [1.165, 1.54) is 19.2 Å². The first-order chi connectivity index (χ1) is 8.72. The molecule has 1 aromatic carbocycles. The molecule has 1 N–H and O–H groups in total. The molecule has 1 saturated heterocycles. The molecule has 0 radical (unpaired) electrons. The Labute approximate surface area is 106 Å². The lowest BCUT2D eigenvalue weighted by atomic mass is 10.1. The molecule has 1 aromatic rings. The first-order valence-corrected chi connectivity index (χ1v) is 6.10. The van der Waals surface area contributed by atoms with E-state index in [2.05, 4.69) is 10.2 Å². The maximum absolute atomic E-state index is 14.1. The number of hydrogen-bond acceptors (Lipinski definition) is 3. The minimum Gasteiger partial charge on any atom is -0.380 e. The summed E-state index contributed by atoms with van der Waals surface area (Å²) in [6.07, 6.45) is 0. The average Bonchev–Trinajstić information content (AvgIpc) is 2.39. The van der Waals surface area contributed by atoms with E-state index < -0.39 is 11.6 Å². The van der Waals surface area contributed by atoms with Gasteiger partial charge in [0.1, 0.15) is 11.6 Å². The Morgan fingerprint density at radius 3 is 2.67 bits per heavy atom. The fraction of sp³-hybridized carbons (Fsp3) is 0.538. The van der Waals surface area contributed by atoms with Crippen LogP contribution >= 0.6 is 0 Å². The second-order valence-corrected chi connectivity index (χ2v) is 4.46. The van der Waals surface area contributed by atoms with Gasteiger partial charge in [0, 0.05) is 51.0 Å². The number of hydrogen-bond donors (Lipinski definition) is 1. The van der Waals surface area contributed by atoms with Crippen molar-refractivity contribution in [3.05, 3.63) is 34.9 Å². The standard InChI is InChI=1S/C13H18F2N2O/c1-18-9-10-2-3-12(14)11(13(10)15)8-17-6-4-16-5-7-17/h2-3,16H,4-9H2,1H3. The molecule has 0 bridgehead atoms. The summed E-state index contributed by atoms with van der Waals surface area (Å²) in [6.45, 7) is 3.83. The van der Waals surface area contributed by atoms with Crippen LogP contribution in [0, 0.1) is 11.6 Å². The van der Waals surface area contributed by atoms with Crippen LogP contribution in [0.3, 0.4) is 0 Å². The second-order valence-electron chi connectivity index (χ2n) is 4.46. The van der Waals surface area contributed by atoms with E-state index in [0.717, 1.165) is 26.2 Å². The van der Waals surface area contributed by atoms with E-state index in [0.29, 0.717) is 12.1 Å². The van der Waals surface area contributed by atoms with Gasteiger partial charge >= 0.3 is 0 Å². The number of nitrogens with zero attached hydrogens (tertiary/aromatic N) is 1.